The predicted molar refractivity (Wildman–Crippen MR) is 112 cm³/mol. The van der Waals surface area contributed by atoms with E-state index in [2.05, 4.69) is 9.46 Å². The van der Waals surface area contributed by atoms with Gasteiger partial charge in [-0.15, -0.1) is 13.2 Å². The lowest BCUT2D eigenvalue weighted by Crippen LogP contribution is -2.22. The van der Waals surface area contributed by atoms with Crippen molar-refractivity contribution in [1.29, 1.82) is 0 Å². The summed E-state index contributed by atoms with van der Waals surface area (Å²) in [5, 5.41) is 0.0227. The van der Waals surface area contributed by atoms with Gasteiger partial charge in [0.2, 0.25) is 10.0 Å². The highest BCUT2D eigenvalue weighted by molar-refractivity contribution is 7.93. The van der Waals surface area contributed by atoms with E-state index in [1.807, 2.05) is 6.92 Å². The fourth-order valence-electron chi connectivity index (χ4n) is 3.17. The van der Waals surface area contributed by atoms with Crippen LogP contribution in [0.3, 0.4) is 0 Å². The lowest BCUT2D eigenvalue weighted by Gasteiger charge is -2.13. The van der Waals surface area contributed by atoms with Crippen molar-refractivity contribution < 1.29 is 26.3 Å². The minimum atomic E-state index is -4.79. The van der Waals surface area contributed by atoms with Crippen molar-refractivity contribution in [2.45, 2.75) is 38.9 Å². The Hall–Kier alpha value is -2.88. The van der Waals surface area contributed by atoms with E-state index in [1.54, 1.807) is 42.7 Å². The first kappa shape index (κ1) is 21.8. The summed E-state index contributed by atoms with van der Waals surface area (Å²) < 4.78 is 70.1. The molecule has 6 nitrogen and oxygen atoms in total. The molecule has 0 fully saturated rings. The number of nitrogens with two attached hydrogens (primary N) is 1. The molecule has 10 heteroatoms. The monoisotopic (exact) mass is 441 g/mol. The van der Waals surface area contributed by atoms with E-state index < -0.39 is 21.6 Å². The Balaban J connectivity index is 2.04. The van der Waals surface area contributed by atoms with E-state index in [1.165, 1.54) is 18.2 Å². The molecule has 3 aromatic rings. The number of halogens is 3. The van der Waals surface area contributed by atoms with Crippen molar-refractivity contribution >= 4 is 32.3 Å². The molecule has 0 aliphatic heterocycles. The number of ether oxygens (including phenoxy) is 1. The van der Waals surface area contributed by atoms with Crippen LogP contribution in [-0.2, 0) is 16.6 Å². The summed E-state index contributed by atoms with van der Waals surface area (Å²) in [6.07, 6.45) is -4.79. The van der Waals surface area contributed by atoms with E-state index >= 15 is 0 Å². The van der Waals surface area contributed by atoms with Crippen molar-refractivity contribution in [2.24, 2.45) is 0 Å². The number of hydrogen-bond acceptors (Lipinski definition) is 4. The van der Waals surface area contributed by atoms with Gasteiger partial charge in [0.05, 0.1) is 22.1 Å². The van der Waals surface area contributed by atoms with Crippen molar-refractivity contribution in [3.05, 3.63) is 42.5 Å². The van der Waals surface area contributed by atoms with E-state index in [4.69, 9.17) is 5.73 Å². The largest absolute Gasteiger partial charge is 0.573 e. The Morgan fingerprint density at radius 3 is 2.30 bits per heavy atom. The number of aromatic nitrogens is 1. The van der Waals surface area contributed by atoms with Gasteiger partial charge in [0.25, 0.3) is 0 Å². The van der Waals surface area contributed by atoms with Gasteiger partial charge in [-0.2, -0.15) is 0 Å². The normalized spacial score (nSPS) is 12.5. The van der Waals surface area contributed by atoms with E-state index in [-0.39, 0.29) is 5.75 Å². The number of alkyl halides is 3. The molecule has 162 valence electrons. The summed E-state index contributed by atoms with van der Waals surface area (Å²) >= 11 is 0. The topological polar surface area (TPSA) is 86.4 Å². The van der Waals surface area contributed by atoms with Crippen LogP contribution in [0.15, 0.2) is 42.5 Å². The van der Waals surface area contributed by atoms with Crippen LogP contribution in [0.25, 0.3) is 22.2 Å². The highest BCUT2D eigenvalue weighted by atomic mass is 32.2. The predicted octanol–water partition coefficient (Wildman–Crippen LogP) is 4.96. The van der Waals surface area contributed by atoms with Gasteiger partial charge in [-0.25, -0.2) is 8.42 Å². The molecule has 0 spiro atoms. The zero-order valence-corrected chi connectivity index (χ0v) is 17.4. The number of anilines is 2. The zero-order valence-electron chi connectivity index (χ0n) is 16.6. The molecule has 1 aromatic heterocycles. The summed E-state index contributed by atoms with van der Waals surface area (Å²) in [5.41, 5.74) is 8.98. The molecular formula is C20H22F3N3O3S. The fourth-order valence-corrected chi connectivity index (χ4v) is 3.87. The molecule has 0 aliphatic rings. The molecule has 0 amide bonds. The van der Waals surface area contributed by atoms with Gasteiger partial charge in [-0.3, -0.25) is 4.72 Å². The molecule has 0 bridgehead atoms. The van der Waals surface area contributed by atoms with Crippen LogP contribution >= 0.6 is 0 Å². The van der Waals surface area contributed by atoms with Gasteiger partial charge in [0, 0.05) is 29.2 Å². The number of fused-ring (bicyclic) bond motifs is 1. The smallest absolute Gasteiger partial charge is 0.406 e. The number of benzene rings is 2. The van der Waals surface area contributed by atoms with Gasteiger partial charge < -0.3 is 15.0 Å². The second kappa shape index (κ2) is 7.75. The van der Waals surface area contributed by atoms with Crippen LogP contribution in [-0.4, -0.2) is 24.6 Å². The lowest BCUT2D eigenvalue weighted by atomic mass is 10.1. The Labute approximate surface area is 172 Å². The number of nitrogen functional groups attached to an aromatic ring is 1. The average molecular weight is 441 g/mol. The molecule has 0 saturated heterocycles. The minimum absolute atomic E-state index is 0.327. The van der Waals surface area contributed by atoms with Gasteiger partial charge >= 0.3 is 6.36 Å². The number of rotatable bonds is 6. The van der Waals surface area contributed by atoms with E-state index in [0.717, 1.165) is 0 Å². The molecule has 0 atom stereocenters. The quantitative estimate of drug-likeness (QED) is 0.566. The van der Waals surface area contributed by atoms with Gasteiger partial charge in [-0.1, -0.05) is 12.1 Å². The van der Waals surface area contributed by atoms with Gasteiger partial charge in [-0.05, 0) is 45.0 Å². The van der Waals surface area contributed by atoms with Crippen molar-refractivity contribution in [3.8, 4) is 17.0 Å². The van der Waals surface area contributed by atoms with Gasteiger partial charge in [0.15, 0.2) is 0 Å². The molecule has 3 rings (SSSR count). The molecule has 30 heavy (non-hydrogen) atoms. The molecule has 3 N–H and O–H groups in total. The fraction of sp³-hybridized carbons (Fsp3) is 0.300. The third kappa shape index (κ3) is 4.33. The standard InChI is InChI=1S/C20H22F3N3O3S/c1-4-26-17-11-15(29-20(21,22)23)9-10-16(17)18(24)19(26)13-5-7-14(8-6-13)25-30(27,28)12(2)3/h5-12,25H,4,24H2,1-3H3. The summed E-state index contributed by atoms with van der Waals surface area (Å²) in [6.45, 7) is 5.47. The second-order valence-corrected chi connectivity index (χ2v) is 9.24. The maximum Gasteiger partial charge on any atom is 0.573 e. The maximum atomic E-state index is 12.6. The number of aryl methyl sites for hydroxylation is 1. The van der Waals surface area contributed by atoms with Crippen LogP contribution < -0.4 is 15.2 Å². The van der Waals surface area contributed by atoms with Crippen LogP contribution in [0.5, 0.6) is 5.75 Å². The van der Waals surface area contributed by atoms with E-state index in [0.29, 0.717) is 40.1 Å². The molecule has 0 saturated carbocycles. The number of sulfonamides is 1. The molecule has 1 heterocycles. The summed E-state index contributed by atoms with van der Waals surface area (Å²) in [7, 11) is -3.48. The first-order chi connectivity index (χ1) is 13.9. The molecule has 0 unspecified atom stereocenters. The Kier molecular flexibility index (Phi) is 5.64. The Morgan fingerprint density at radius 1 is 1.13 bits per heavy atom. The van der Waals surface area contributed by atoms with Crippen molar-refractivity contribution in [3.63, 3.8) is 0 Å². The van der Waals surface area contributed by atoms with Crippen molar-refractivity contribution in [2.75, 3.05) is 10.5 Å². The van der Waals surface area contributed by atoms with Gasteiger partial charge in [0.1, 0.15) is 5.75 Å². The summed E-state index contributed by atoms with van der Waals surface area (Å²) in [4.78, 5) is 0. The van der Waals surface area contributed by atoms with Crippen LogP contribution in [0.4, 0.5) is 24.5 Å². The highest BCUT2D eigenvalue weighted by Gasteiger charge is 2.31. The summed E-state index contributed by atoms with van der Waals surface area (Å²) in [6, 6.07) is 10.7. The number of nitrogens with zero attached hydrogens (tertiary/aromatic N) is 1. The maximum absolute atomic E-state index is 12.6. The number of hydrogen-bond donors (Lipinski definition) is 2. The van der Waals surface area contributed by atoms with Crippen molar-refractivity contribution in [1.82, 2.24) is 4.57 Å². The second-order valence-electron chi connectivity index (χ2n) is 7.01. The third-order valence-electron chi connectivity index (χ3n) is 4.66. The SMILES string of the molecule is CCn1c(-c2ccc(NS(=O)(=O)C(C)C)cc2)c(N)c2ccc(OC(F)(F)F)cc21. The molecule has 2 aromatic carbocycles. The molecule has 0 aliphatic carbocycles. The zero-order chi connectivity index (χ0) is 22.3. The average Bonchev–Trinajstić information content (AvgIpc) is 2.92. The lowest BCUT2D eigenvalue weighted by molar-refractivity contribution is -0.274. The molecule has 0 radical (unpaired) electrons. The first-order valence-corrected chi connectivity index (χ1v) is 10.8. The molecular weight excluding hydrogens is 419 g/mol. The Bertz CT molecular complexity index is 1170. The van der Waals surface area contributed by atoms with Crippen LogP contribution in [0.1, 0.15) is 20.8 Å². The first-order valence-electron chi connectivity index (χ1n) is 9.22. The highest BCUT2D eigenvalue weighted by Crippen LogP contribution is 2.38. The number of nitrogens with one attached hydrogen (secondary N) is 1. The Morgan fingerprint density at radius 2 is 1.77 bits per heavy atom. The summed E-state index contributed by atoms with van der Waals surface area (Å²) in [5.74, 6) is -0.327. The van der Waals surface area contributed by atoms with Crippen LogP contribution in [0, 0.1) is 0 Å². The minimum Gasteiger partial charge on any atom is -0.406 e. The van der Waals surface area contributed by atoms with E-state index in [9.17, 15) is 21.6 Å². The van der Waals surface area contributed by atoms with Crippen LogP contribution in [0.2, 0.25) is 0 Å². The third-order valence-corrected chi connectivity index (χ3v) is 6.43.